The maximum absolute atomic E-state index is 8.77. The van der Waals surface area contributed by atoms with Gasteiger partial charge in [-0.15, -0.1) is 0 Å². The molecule has 1 aliphatic rings. The van der Waals surface area contributed by atoms with Crippen LogP contribution in [0.25, 0.3) is 0 Å². The van der Waals surface area contributed by atoms with Crippen LogP contribution in [-0.4, -0.2) is 24.0 Å². The normalized spacial score (nSPS) is 20.8. The molecule has 1 atom stereocenters. The van der Waals surface area contributed by atoms with Gasteiger partial charge in [0, 0.05) is 0 Å². The monoisotopic (exact) mass is 163 g/mol. The Morgan fingerprint density at radius 1 is 1.17 bits per heavy atom. The van der Waals surface area contributed by atoms with Crippen molar-refractivity contribution in [2.45, 2.75) is 31.7 Å². The minimum atomic E-state index is -0.171. The standard InChI is InChI=1S/C9H13N3/c10-5-4-9(8-11)12-6-2-1-3-7-12/h9H,1-4,6-7H2/t9-/m1/s1. The van der Waals surface area contributed by atoms with E-state index in [1.807, 2.05) is 0 Å². The predicted octanol–water partition coefficient (Wildman–Crippen LogP) is 1.28. The van der Waals surface area contributed by atoms with Gasteiger partial charge >= 0.3 is 0 Å². The van der Waals surface area contributed by atoms with Crippen LogP contribution in [0.4, 0.5) is 0 Å². The van der Waals surface area contributed by atoms with E-state index in [9.17, 15) is 0 Å². The highest BCUT2D eigenvalue weighted by Gasteiger charge is 2.19. The molecule has 0 aliphatic carbocycles. The molecule has 0 aromatic carbocycles. The minimum Gasteiger partial charge on any atom is -0.287 e. The average Bonchev–Trinajstić information content (AvgIpc) is 2.15. The van der Waals surface area contributed by atoms with Gasteiger partial charge in [0.1, 0.15) is 6.04 Å². The molecule has 1 aliphatic heterocycles. The van der Waals surface area contributed by atoms with E-state index in [0.717, 1.165) is 13.1 Å². The molecule has 0 saturated carbocycles. The summed E-state index contributed by atoms with van der Waals surface area (Å²) in [4.78, 5) is 2.12. The van der Waals surface area contributed by atoms with Gasteiger partial charge in [-0.25, -0.2) is 0 Å². The van der Waals surface area contributed by atoms with Crippen LogP contribution in [0.15, 0.2) is 0 Å². The summed E-state index contributed by atoms with van der Waals surface area (Å²) in [7, 11) is 0. The number of piperidine rings is 1. The van der Waals surface area contributed by atoms with E-state index in [1.54, 1.807) is 0 Å². The van der Waals surface area contributed by atoms with Crippen LogP contribution in [0.5, 0.6) is 0 Å². The molecule has 0 N–H and O–H groups in total. The van der Waals surface area contributed by atoms with Gasteiger partial charge in [0.15, 0.2) is 0 Å². The van der Waals surface area contributed by atoms with Crippen molar-refractivity contribution < 1.29 is 0 Å². The van der Waals surface area contributed by atoms with Gasteiger partial charge in [-0.1, -0.05) is 6.42 Å². The second-order valence-corrected chi connectivity index (χ2v) is 3.10. The molecule has 0 unspecified atom stereocenters. The van der Waals surface area contributed by atoms with E-state index in [1.165, 1.54) is 19.3 Å². The summed E-state index contributed by atoms with van der Waals surface area (Å²) in [5.74, 6) is 0. The summed E-state index contributed by atoms with van der Waals surface area (Å²) in [6.07, 6.45) is 3.95. The van der Waals surface area contributed by atoms with Crippen molar-refractivity contribution in [3.05, 3.63) is 0 Å². The Morgan fingerprint density at radius 2 is 1.83 bits per heavy atom. The van der Waals surface area contributed by atoms with Gasteiger partial charge in [0.25, 0.3) is 0 Å². The van der Waals surface area contributed by atoms with Crippen molar-refractivity contribution >= 4 is 0 Å². The second-order valence-electron chi connectivity index (χ2n) is 3.10. The number of hydrogen-bond acceptors (Lipinski definition) is 3. The molecule has 64 valence electrons. The average molecular weight is 163 g/mol. The first kappa shape index (κ1) is 9.03. The number of nitriles is 2. The van der Waals surface area contributed by atoms with Crippen molar-refractivity contribution in [3.8, 4) is 12.1 Å². The first-order valence-corrected chi connectivity index (χ1v) is 4.39. The van der Waals surface area contributed by atoms with Crippen molar-refractivity contribution in [2.75, 3.05) is 13.1 Å². The molecule has 1 saturated heterocycles. The van der Waals surface area contributed by atoms with Gasteiger partial charge in [0.05, 0.1) is 18.6 Å². The summed E-state index contributed by atoms with van der Waals surface area (Å²) in [6.45, 7) is 1.97. The first-order chi connectivity index (χ1) is 5.88. The molecule has 0 radical (unpaired) electrons. The third kappa shape index (κ3) is 2.22. The zero-order valence-electron chi connectivity index (χ0n) is 7.16. The summed E-state index contributed by atoms with van der Waals surface area (Å²) in [5, 5.41) is 17.2. The Hall–Kier alpha value is -1.06. The summed E-state index contributed by atoms with van der Waals surface area (Å²) in [6, 6.07) is 4.06. The molecule has 12 heavy (non-hydrogen) atoms. The lowest BCUT2D eigenvalue weighted by atomic mass is 10.1. The molecule has 0 spiro atoms. The Bertz CT molecular complexity index is 205. The highest BCUT2D eigenvalue weighted by atomic mass is 15.2. The van der Waals surface area contributed by atoms with E-state index in [2.05, 4.69) is 17.0 Å². The fraction of sp³-hybridized carbons (Fsp3) is 0.778. The van der Waals surface area contributed by atoms with Crippen LogP contribution in [0.2, 0.25) is 0 Å². The zero-order valence-corrected chi connectivity index (χ0v) is 7.16. The molecule has 0 bridgehead atoms. The van der Waals surface area contributed by atoms with Crippen LogP contribution in [-0.2, 0) is 0 Å². The molecule has 3 heteroatoms. The molecule has 1 heterocycles. The number of likely N-dealkylation sites (tertiary alicyclic amines) is 1. The van der Waals surface area contributed by atoms with E-state index < -0.39 is 0 Å². The van der Waals surface area contributed by atoms with Crippen molar-refractivity contribution in [2.24, 2.45) is 0 Å². The smallest absolute Gasteiger partial charge is 0.111 e. The van der Waals surface area contributed by atoms with Gasteiger partial charge in [0.2, 0.25) is 0 Å². The topological polar surface area (TPSA) is 50.8 Å². The van der Waals surface area contributed by atoms with E-state index in [-0.39, 0.29) is 6.04 Å². The Labute approximate surface area is 73.2 Å². The summed E-state index contributed by atoms with van der Waals surface area (Å²) >= 11 is 0. The third-order valence-electron chi connectivity index (χ3n) is 2.27. The second kappa shape index (κ2) is 4.74. The van der Waals surface area contributed by atoms with Crippen LogP contribution in [0.1, 0.15) is 25.7 Å². The van der Waals surface area contributed by atoms with Crippen LogP contribution >= 0.6 is 0 Å². The summed E-state index contributed by atoms with van der Waals surface area (Å²) < 4.78 is 0. The lowest BCUT2D eigenvalue weighted by molar-refractivity contribution is 0.196. The highest BCUT2D eigenvalue weighted by molar-refractivity contribution is 4.98. The first-order valence-electron chi connectivity index (χ1n) is 4.39. The SMILES string of the molecule is N#CC[C@H](C#N)N1CCCCC1. The fourth-order valence-electron chi connectivity index (χ4n) is 1.57. The molecule has 1 rings (SSSR count). The third-order valence-corrected chi connectivity index (χ3v) is 2.27. The van der Waals surface area contributed by atoms with Gasteiger partial charge in [-0.05, 0) is 25.9 Å². The van der Waals surface area contributed by atoms with E-state index in [4.69, 9.17) is 10.5 Å². The molecule has 0 aromatic heterocycles. The Kier molecular flexibility index (Phi) is 3.57. The highest BCUT2D eigenvalue weighted by Crippen LogP contribution is 2.13. The maximum Gasteiger partial charge on any atom is 0.111 e. The van der Waals surface area contributed by atoms with E-state index in [0.29, 0.717) is 6.42 Å². The molecule has 0 aromatic rings. The Balaban J connectivity index is 2.43. The van der Waals surface area contributed by atoms with Gasteiger partial charge < -0.3 is 0 Å². The summed E-state index contributed by atoms with van der Waals surface area (Å²) in [5.41, 5.74) is 0. The quantitative estimate of drug-likeness (QED) is 0.616. The van der Waals surface area contributed by atoms with Crippen molar-refractivity contribution in [1.29, 1.82) is 10.5 Å². The Morgan fingerprint density at radius 3 is 2.33 bits per heavy atom. The molecule has 3 nitrogen and oxygen atoms in total. The largest absolute Gasteiger partial charge is 0.287 e. The van der Waals surface area contributed by atoms with Crippen LogP contribution < -0.4 is 0 Å². The minimum absolute atomic E-state index is 0.171. The number of hydrogen-bond donors (Lipinski definition) is 0. The number of nitrogens with zero attached hydrogens (tertiary/aromatic N) is 3. The molecular formula is C9H13N3. The molecular weight excluding hydrogens is 150 g/mol. The predicted molar refractivity (Wildman–Crippen MR) is 45.1 cm³/mol. The fourth-order valence-corrected chi connectivity index (χ4v) is 1.57. The lowest BCUT2D eigenvalue weighted by Crippen LogP contribution is -2.38. The van der Waals surface area contributed by atoms with Gasteiger partial charge in [-0.2, -0.15) is 10.5 Å². The van der Waals surface area contributed by atoms with E-state index >= 15 is 0 Å². The van der Waals surface area contributed by atoms with Gasteiger partial charge in [-0.3, -0.25) is 4.90 Å². The molecule has 0 amide bonds. The van der Waals surface area contributed by atoms with Crippen LogP contribution in [0.3, 0.4) is 0 Å². The zero-order chi connectivity index (χ0) is 8.81. The molecule has 1 fully saturated rings. The lowest BCUT2D eigenvalue weighted by Gasteiger charge is -2.29. The number of rotatable bonds is 2. The van der Waals surface area contributed by atoms with Crippen LogP contribution in [0, 0.1) is 22.7 Å². The maximum atomic E-state index is 8.77. The van der Waals surface area contributed by atoms with Crippen molar-refractivity contribution in [3.63, 3.8) is 0 Å². The van der Waals surface area contributed by atoms with Crippen molar-refractivity contribution in [1.82, 2.24) is 4.90 Å².